The minimum atomic E-state index is 0.934. The lowest BCUT2D eigenvalue weighted by Gasteiger charge is -2.11. The Hall–Kier alpha value is -8.21. The molecular formula is C57H36N4. The predicted molar refractivity (Wildman–Crippen MR) is 256 cm³/mol. The van der Waals surface area contributed by atoms with E-state index in [4.69, 9.17) is 4.98 Å². The van der Waals surface area contributed by atoms with Crippen molar-refractivity contribution in [2.45, 2.75) is 0 Å². The first-order valence-electron chi connectivity index (χ1n) is 20.9. The van der Waals surface area contributed by atoms with Crippen molar-refractivity contribution >= 4 is 76.2 Å². The Bertz CT molecular complexity index is 3650. The molecule has 61 heavy (non-hydrogen) atoms. The van der Waals surface area contributed by atoms with E-state index in [9.17, 15) is 0 Å². The third-order valence-corrected chi connectivity index (χ3v) is 12.7. The molecule has 0 bridgehead atoms. The van der Waals surface area contributed by atoms with Gasteiger partial charge in [-0.1, -0.05) is 121 Å². The lowest BCUT2D eigenvalue weighted by atomic mass is 9.98. The average Bonchev–Trinajstić information content (AvgIpc) is 3.96. The highest BCUT2D eigenvalue weighted by molar-refractivity contribution is 6.15. The summed E-state index contributed by atoms with van der Waals surface area (Å²) in [7, 11) is 0. The van der Waals surface area contributed by atoms with Crippen molar-refractivity contribution in [1.82, 2.24) is 18.7 Å². The zero-order chi connectivity index (χ0) is 40.0. The van der Waals surface area contributed by atoms with E-state index in [2.05, 4.69) is 226 Å². The molecule has 4 nitrogen and oxygen atoms in total. The van der Waals surface area contributed by atoms with Gasteiger partial charge in [0.2, 0.25) is 0 Å². The van der Waals surface area contributed by atoms with Gasteiger partial charge in [-0.25, -0.2) is 4.98 Å². The molecule has 0 unspecified atom stereocenters. The number of fused-ring (bicyclic) bond motifs is 10. The zero-order valence-electron chi connectivity index (χ0n) is 33.1. The third kappa shape index (κ3) is 5.09. The number of benzene rings is 9. The summed E-state index contributed by atoms with van der Waals surface area (Å²) in [5.74, 6) is 0.934. The largest absolute Gasteiger partial charge is 0.309 e. The maximum Gasteiger partial charge on any atom is 0.145 e. The van der Waals surface area contributed by atoms with E-state index in [1.807, 2.05) is 6.20 Å². The van der Waals surface area contributed by atoms with Crippen LogP contribution < -0.4 is 0 Å². The molecule has 0 atom stereocenters. The summed E-state index contributed by atoms with van der Waals surface area (Å²) in [6, 6.07) is 77.2. The summed E-state index contributed by atoms with van der Waals surface area (Å²) in [6.07, 6.45) is 1.93. The molecule has 0 fully saturated rings. The van der Waals surface area contributed by atoms with Crippen molar-refractivity contribution < 1.29 is 0 Å². The molecule has 4 aromatic heterocycles. The van der Waals surface area contributed by atoms with Gasteiger partial charge in [-0.15, -0.1) is 0 Å². The fraction of sp³-hybridized carbons (Fsp3) is 0. The van der Waals surface area contributed by atoms with Gasteiger partial charge >= 0.3 is 0 Å². The van der Waals surface area contributed by atoms with E-state index >= 15 is 0 Å². The minimum Gasteiger partial charge on any atom is -0.309 e. The normalized spacial score (nSPS) is 11.9. The standard InChI is InChI=1S/C57H36N4/c1-3-14-42(15-4-1)59-51-21-11-9-19-45(51)47-33-38(23-27-53(47)59)40-25-29-55-49(35-40)50-36-41(26-30-56(50)61(55)57-44-18-8-7-13-37(44)31-32-58-57)39-24-28-54-48(34-39)46-20-10-12-22-52(46)60(54)43-16-5-2-6-17-43/h1-36H. The van der Waals surface area contributed by atoms with Gasteiger partial charge in [0.1, 0.15) is 5.82 Å². The lowest BCUT2D eigenvalue weighted by molar-refractivity contribution is 1.10. The molecule has 13 aromatic rings. The van der Waals surface area contributed by atoms with E-state index < -0.39 is 0 Å². The van der Waals surface area contributed by atoms with Crippen LogP contribution in [0, 0.1) is 0 Å². The molecule has 0 amide bonds. The Morgan fingerprint density at radius 1 is 0.262 bits per heavy atom. The molecule has 0 aliphatic carbocycles. The van der Waals surface area contributed by atoms with Crippen LogP contribution in [0.4, 0.5) is 0 Å². The molecule has 0 aliphatic rings. The van der Waals surface area contributed by atoms with E-state index in [-0.39, 0.29) is 0 Å². The highest BCUT2D eigenvalue weighted by atomic mass is 15.1. The quantitative estimate of drug-likeness (QED) is 0.171. The first kappa shape index (κ1) is 33.7. The number of pyridine rings is 1. The number of para-hydroxylation sites is 4. The van der Waals surface area contributed by atoms with Crippen LogP contribution in [-0.4, -0.2) is 18.7 Å². The summed E-state index contributed by atoms with van der Waals surface area (Å²) >= 11 is 0. The summed E-state index contributed by atoms with van der Waals surface area (Å²) in [4.78, 5) is 5.05. The van der Waals surface area contributed by atoms with E-state index in [0.29, 0.717) is 0 Å². The lowest BCUT2D eigenvalue weighted by Crippen LogP contribution is -1.98. The molecule has 13 rings (SSSR count). The van der Waals surface area contributed by atoms with Crippen molar-refractivity contribution in [3.05, 3.63) is 219 Å². The number of rotatable bonds is 5. The second-order valence-corrected chi connectivity index (χ2v) is 16.0. The SMILES string of the molecule is c1ccc(-n2c3ccccc3c3cc(-c4ccc5c(c4)c4cc(-c6ccc7c(c6)c6ccccc6n7-c6ccccc6)ccc4n5-c4nccc5ccccc45)ccc32)cc1. The van der Waals surface area contributed by atoms with Crippen LogP contribution in [0.2, 0.25) is 0 Å². The Morgan fingerprint density at radius 3 is 1.10 bits per heavy atom. The van der Waals surface area contributed by atoms with Gasteiger partial charge < -0.3 is 9.13 Å². The predicted octanol–water partition coefficient (Wildman–Crippen LogP) is 14.9. The summed E-state index contributed by atoms with van der Waals surface area (Å²) < 4.78 is 7.11. The van der Waals surface area contributed by atoms with Crippen LogP contribution in [0.25, 0.3) is 116 Å². The topological polar surface area (TPSA) is 27.7 Å². The molecule has 0 spiro atoms. The second kappa shape index (κ2) is 13.2. The molecular weight excluding hydrogens is 741 g/mol. The average molecular weight is 777 g/mol. The first-order chi connectivity index (χ1) is 30.3. The maximum absolute atomic E-state index is 5.05. The first-order valence-corrected chi connectivity index (χ1v) is 20.9. The maximum atomic E-state index is 5.05. The van der Waals surface area contributed by atoms with Crippen molar-refractivity contribution in [2.75, 3.05) is 0 Å². The Labute approximate surface area is 351 Å². The molecule has 0 aliphatic heterocycles. The van der Waals surface area contributed by atoms with Crippen LogP contribution in [0.1, 0.15) is 0 Å². The fourth-order valence-electron chi connectivity index (χ4n) is 9.91. The fourth-order valence-corrected chi connectivity index (χ4v) is 9.91. The Balaban J connectivity index is 1.03. The van der Waals surface area contributed by atoms with Gasteiger partial charge in [0.15, 0.2) is 0 Å². The Kier molecular flexibility index (Phi) is 7.27. The highest BCUT2D eigenvalue weighted by Crippen LogP contribution is 2.41. The van der Waals surface area contributed by atoms with Crippen molar-refractivity contribution in [2.24, 2.45) is 0 Å². The van der Waals surface area contributed by atoms with E-state index in [1.54, 1.807) is 0 Å². The van der Waals surface area contributed by atoms with Crippen molar-refractivity contribution in [3.63, 3.8) is 0 Å². The summed E-state index contributed by atoms with van der Waals surface area (Å²) in [6.45, 7) is 0. The van der Waals surface area contributed by atoms with Crippen LogP contribution >= 0.6 is 0 Å². The second-order valence-electron chi connectivity index (χ2n) is 16.0. The smallest absolute Gasteiger partial charge is 0.145 e. The molecule has 0 radical (unpaired) electrons. The molecule has 0 saturated heterocycles. The number of nitrogens with zero attached hydrogens (tertiary/aromatic N) is 4. The van der Waals surface area contributed by atoms with Crippen LogP contribution in [0.15, 0.2) is 219 Å². The summed E-state index contributed by atoms with van der Waals surface area (Å²) in [5.41, 5.74) is 14.1. The number of aromatic nitrogens is 4. The highest BCUT2D eigenvalue weighted by Gasteiger charge is 2.19. The van der Waals surface area contributed by atoms with Gasteiger partial charge in [0, 0.05) is 55.3 Å². The molecule has 4 heteroatoms. The van der Waals surface area contributed by atoms with Crippen molar-refractivity contribution in [1.29, 1.82) is 0 Å². The van der Waals surface area contributed by atoms with Crippen LogP contribution in [-0.2, 0) is 0 Å². The molecule has 284 valence electrons. The van der Waals surface area contributed by atoms with E-state index in [1.165, 1.54) is 82.0 Å². The number of hydrogen-bond donors (Lipinski definition) is 0. The van der Waals surface area contributed by atoms with E-state index in [0.717, 1.165) is 33.6 Å². The van der Waals surface area contributed by atoms with Gasteiger partial charge in [0.05, 0.1) is 33.1 Å². The minimum absolute atomic E-state index is 0.934. The van der Waals surface area contributed by atoms with Crippen molar-refractivity contribution in [3.8, 4) is 39.4 Å². The Morgan fingerprint density at radius 2 is 0.623 bits per heavy atom. The van der Waals surface area contributed by atoms with Gasteiger partial charge in [-0.3, -0.25) is 4.57 Å². The van der Waals surface area contributed by atoms with Gasteiger partial charge in [0.25, 0.3) is 0 Å². The zero-order valence-corrected chi connectivity index (χ0v) is 33.1. The molecule has 9 aromatic carbocycles. The molecule has 4 heterocycles. The van der Waals surface area contributed by atoms with Gasteiger partial charge in [-0.2, -0.15) is 0 Å². The summed E-state index contributed by atoms with van der Waals surface area (Å²) in [5, 5.41) is 9.65. The van der Waals surface area contributed by atoms with Gasteiger partial charge in [-0.05, 0) is 119 Å². The monoisotopic (exact) mass is 776 g/mol. The molecule has 0 N–H and O–H groups in total. The molecule has 0 saturated carbocycles. The third-order valence-electron chi connectivity index (χ3n) is 12.7. The van der Waals surface area contributed by atoms with Crippen LogP contribution in [0.3, 0.4) is 0 Å². The number of hydrogen-bond acceptors (Lipinski definition) is 1. The van der Waals surface area contributed by atoms with Crippen LogP contribution in [0.5, 0.6) is 0 Å².